The Morgan fingerprint density at radius 3 is 2.70 bits per heavy atom. The summed E-state index contributed by atoms with van der Waals surface area (Å²) >= 11 is 0. The third kappa shape index (κ3) is 3.70. The zero-order valence-corrected chi connectivity index (χ0v) is 15.9. The maximum absolute atomic E-state index is 13.6. The van der Waals surface area contributed by atoms with Gasteiger partial charge in [0, 0.05) is 30.4 Å². The Labute approximate surface area is 157 Å². The lowest BCUT2D eigenvalue weighted by Gasteiger charge is -2.11. The Bertz CT molecular complexity index is 1010. The molecule has 2 aromatic heterocycles. The molecule has 27 heavy (non-hydrogen) atoms. The lowest BCUT2D eigenvalue weighted by molar-refractivity contribution is 0.101. The smallest absolute Gasteiger partial charge is 0.162 e. The summed E-state index contributed by atoms with van der Waals surface area (Å²) in [6.07, 6.45) is 5.35. The van der Waals surface area contributed by atoms with E-state index in [4.69, 9.17) is 0 Å². The third-order valence-electron chi connectivity index (χ3n) is 5.03. The van der Waals surface area contributed by atoms with Crippen LogP contribution in [0.2, 0.25) is 0 Å². The van der Waals surface area contributed by atoms with Gasteiger partial charge in [0.15, 0.2) is 5.78 Å². The van der Waals surface area contributed by atoms with Crippen LogP contribution in [0.5, 0.6) is 0 Å². The standard InChI is InChI=1S/C21H23FN4O/c1-13-8-19(9-17-12-25(24-14(17)2)11-16-4-5-16)26(23-13)21-7-6-18(22)10-20(21)15(3)27/h6-8,10,12,16H,4-5,9,11H2,1-3H3. The van der Waals surface area contributed by atoms with Crippen LogP contribution in [0.25, 0.3) is 5.69 Å². The molecule has 1 fully saturated rings. The Hall–Kier alpha value is -2.76. The molecular formula is C21H23FN4O. The number of hydrogen-bond acceptors (Lipinski definition) is 3. The van der Waals surface area contributed by atoms with Gasteiger partial charge < -0.3 is 0 Å². The molecule has 3 aromatic rings. The predicted molar refractivity (Wildman–Crippen MR) is 101 cm³/mol. The van der Waals surface area contributed by atoms with Crippen molar-refractivity contribution in [3.05, 3.63) is 64.5 Å². The normalized spacial score (nSPS) is 13.9. The van der Waals surface area contributed by atoms with Crippen LogP contribution >= 0.6 is 0 Å². The van der Waals surface area contributed by atoms with Crippen LogP contribution in [0.1, 0.15) is 52.8 Å². The fourth-order valence-electron chi connectivity index (χ4n) is 3.45. The average molecular weight is 366 g/mol. The van der Waals surface area contributed by atoms with Gasteiger partial charge in [0.05, 0.1) is 17.1 Å². The molecule has 0 N–H and O–H groups in total. The number of hydrogen-bond donors (Lipinski definition) is 0. The number of Topliss-reactive ketones (excluding diaryl/α,β-unsaturated/α-hetero) is 1. The zero-order chi connectivity index (χ0) is 19.1. The SMILES string of the molecule is CC(=O)c1cc(F)ccc1-n1nc(C)cc1Cc1cn(CC2CC2)nc1C. The molecule has 1 aliphatic rings. The highest BCUT2D eigenvalue weighted by molar-refractivity contribution is 5.97. The van der Waals surface area contributed by atoms with Gasteiger partial charge in [-0.2, -0.15) is 10.2 Å². The highest BCUT2D eigenvalue weighted by Crippen LogP contribution is 2.30. The molecule has 0 radical (unpaired) electrons. The molecule has 0 aliphatic heterocycles. The van der Waals surface area contributed by atoms with E-state index in [0.717, 1.165) is 35.1 Å². The van der Waals surface area contributed by atoms with Gasteiger partial charge in [-0.1, -0.05) is 0 Å². The van der Waals surface area contributed by atoms with E-state index < -0.39 is 5.82 Å². The Balaban J connectivity index is 1.70. The van der Waals surface area contributed by atoms with Crippen molar-refractivity contribution in [2.45, 2.75) is 46.6 Å². The summed E-state index contributed by atoms with van der Waals surface area (Å²) in [5, 5.41) is 9.20. The first-order valence-corrected chi connectivity index (χ1v) is 9.30. The largest absolute Gasteiger partial charge is 0.294 e. The zero-order valence-electron chi connectivity index (χ0n) is 15.9. The topological polar surface area (TPSA) is 52.7 Å². The van der Waals surface area contributed by atoms with Crippen molar-refractivity contribution in [1.29, 1.82) is 0 Å². The van der Waals surface area contributed by atoms with Crippen LogP contribution in [0, 0.1) is 25.6 Å². The molecule has 2 heterocycles. The molecule has 0 saturated heterocycles. The molecule has 6 heteroatoms. The summed E-state index contributed by atoms with van der Waals surface area (Å²) in [6, 6.07) is 6.26. The minimum Gasteiger partial charge on any atom is -0.294 e. The maximum Gasteiger partial charge on any atom is 0.162 e. The molecule has 0 unspecified atom stereocenters. The van der Waals surface area contributed by atoms with Gasteiger partial charge >= 0.3 is 0 Å². The number of ketones is 1. The fraction of sp³-hybridized carbons (Fsp3) is 0.381. The predicted octanol–water partition coefficient (Wildman–Crippen LogP) is 4.03. The Morgan fingerprint density at radius 2 is 2.00 bits per heavy atom. The van der Waals surface area contributed by atoms with Crippen molar-refractivity contribution in [3.63, 3.8) is 0 Å². The number of aryl methyl sites for hydroxylation is 2. The van der Waals surface area contributed by atoms with Crippen LogP contribution in [-0.2, 0) is 13.0 Å². The second-order valence-corrected chi connectivity index (χ2v) is 7.49. The van der Waals surface area contributed by atoms with Gasteiger partial charge in [-0.25, -0.2) is 9.07 Å². The fourth-order valence-corrected chi connectivity index (χ4v) is 3.45. The summed E-state index contributed by atoms with van der Waals surface area (Å²) in [5.74, 6) is 0.158. The lowest BCUT2D eigenvalue weighted by Crippen LogP contribution is -2.09. The molecule has 1 saturated carbocycles. The highest BCUT2D eigenvalue weighted by atomic mass is 19.1. The summed E-state index contributed by atoms with van der Waals surface area (Å²) in [4.78, 5) is 12.0. The van der Waals surface area contributed by atoms with Gasteiger partial charge in [-0.15, -0.1) is 0 Å². The first kappa shape index (κ1) is 17.6. The summed E-state index contributed by atoms with van der Waals surface area (Å²) < 4.78 is 17.4. The summed E-state index contributed by atoms with van der Waals surface area (Å²) in [5.41, 5.74) is 4.90. The van der Waals surface area contributed by atoms with E-state index in [1.54, 1.807) is 10.7 Å². The highest BCUT2D eigenvalue weighted by Gasteiger charge is 2.23. The van der Waals surface area contributed by atoms with E-state index in [1.165, 1.54) is 31.9 Å². The van der Waals surface area contributed by atoms with Gasteiger partial charge in [0.2, 0.25) is 0 Å². The van der Waals surface area contributed by atoms with E-state index in [2.05, 4.69) is 16.4 Å². The van der Waals surface area contributed by atoms with Crippen LogP contribution in [0.15, 0.2) is 30.5 Å². The number of carbonyl (C=O) groups excluding carboxylic acids is 1. The number of halogens is 1. The average Bonchev–Trinajstić information content (AvgIpc) is 3.25. The van der Waals surface area contributed by atoms with Crippen LogP contribution in [0.4, 0.5) is 4.39 Å². The van der Waals surface area contributed by atoms with Crippen molar-refractivity contribution >= 4 is 5.78 Å². The molecule has 0 spiro atoms. The second kappa shape index (κ2) is 6.76. The van der Waals surface area contributed by atoms with E-state index in [0.29, 0.717) is 17.7 Å². The molecule has 140 valence electrons. The minimum atomic E-state index is -0.424. The molecule has 0 bridgehead atoms. The molecule has 5 nitrogen and oxygen atoms in total. The van der Waals surface area contributed by atoms with Gasteiger partial charge in [-0.3, -0.25) is 9.48 Å². The van der Waals surface area contributed by atoms with Crippen molar-refractivity contribution < 1.29 is 9.18 Å². The van der Waals surface area contributed by atoms with Crippen LogP contribution in [0.3, 0.4) is 0 Å². The van der Waals surface area contributed by atoms with Crippen LogP contribution in [-0.4, -0.2) is 25.3 Å². The number of benzene rings is 1. The lowest BCUT2D eigenvalue weighted by atomic mass is 10.1. The third-order valence-corrected chi connectivity index (χ3v) is 5.03. The number of carbonyl (C=O) groups is 1. The maximum atomic E-state index is 13.6. The second-order valence-electron chi connectivity index (χ2n) is 7.49. The van der Waals surface area contributed by atoms with E-state index in [-0.39, 0.29) is 5.78 Å². The van der Waals surface area contributed by atoms with Gasteiger partial charge in [-0.05, 0) is 69.4 Å². The molecule has 0 amide bonds. The van der Waals surface area contributed by atoms with E-state index in [9.17, 15) is 9.18 Å². The molecule has 4 rings (SSSR count). The van der Waals surface area contributed by atoms with E-state index in [1.807, 2.05) is 24.6 Å². The van der Waals surface area contributed by atoms with Crippen molar-refractivity contribution in [3.8, 4) is 5.69 Å². The molecule has 1 aromatic carbocycles. The quantitative estimate of drug-likeness (QED) is 0.619. The van der Waals surface area contributed by atoms with Gasteiger partial charge in [0.1, 0.15) is 5.82 Å². The first-order chi connectivity index (χ1) is 12.9. The number of aromatic nitrogens is 4. The number of rotatable bonds is 6. The summed E-state index contributed by atoms with van der Waals surface area (Å²) in [7, 11) is 0. The minimum absolute atomic E-state index is 0.183. The van der Waals surface area contributed by atoms with Crippen molar-refractivity contribution in [2.24, 2.45) is 5.92 Å². The molecular weight excluding hydrogens is 343 g/mol. The number of nitrogens with zero attached hydrogens (tertiary/aromatic N) is 4. The van der Waals surface area contributed by atoms with E-state index >= 15 is 0 Å². The van der Waals surface area contributed by atoms with Crippen molar-refractivity contribution in [1.82, 2.24) is 19.6 Å². The summed E-state index contributed by atoms with van der Waals surface area (Å²) in [6.45, 7) is 6.36. The first-order valence-electron chi connectivity index (χ1n) is 9.30. The Kier molecular flexibility index (Phi) is 4.42. The Morgan fingerprint density at radius 1 is 1.22 bits per heavy atom. The van der Waals surface area contributed by atoms with Crippen LogP contribution < -0.4 is 0 Å². The van der Waals surface area contributed by atoms with Gasteiger partial charge in [0.25, 0.3) is 0 Å². The van der Waals surface area contributed by atoms with Crippen molar-refractivity contribution in [2.75, 3.05) is 0 Å². The molecule has 1 aliphatic carbocycles. The monoisotopic (exact) mass is 366 g/mol. The molecule has 0 atom stereocenters.